The lowest BCUT2D eigenvalue weighted by Crippen LogP contribution is -2.33. The number of amidine groups is 1. The van der Waals surface area contributed by atoms with E-state index in [2.05, 4.69) is 9.88 Å². The lowest BCUT2D eigenvalue weighted by atomic mass is 10.2. The van der Waals surface area contributed by atoms with Crippen LogP contribution in [0.2, 0.25) is 0 Å². The van der Waals surface area contributed by atoms with Gasteiger partial charge >= 0.3 is 0 Å². The summed E-state index contributed by atoms with van der Waals surface area (Å²) in [5.41, 5.74) is 1.25. The molecule has 0 aliphatic carbocycles. The molecular weight excluding hydrogens is 182 g/mol. The number of fused-ring (bicyclic) bond motifs is 1. The largest absolute Gasteiger partial charge is 0.355 e. The molecular formula is C9H13N3S. The zero-order valence-corrected chi connectivity index (χ0v) is 8.74. The predicted octanol–water partition coefficient (Wildman–Crippen LogP) is 1.81. The zero-order valence-electron chi connectivity index (χ0n) is 7.92. The molecule has 1 aliphatic heterocycles. The van der Waals surface area contributed by atoms with Crippen LogP contribution in [-0.2, 0) is 13.0 Å². The average Bonchev–Trinajstić information content (AvgIpc) is 2.42. The Labute approximate surface area is 81.9 Å². The summed E-state index contributed by atoms with van der Waals surface area (Å²) in [5.74, 6) is 0.664. The fourth-order valence-electron chi connectivity index (χ4n) is 1.61. The van der Waals surface area contributed by atoms with Crippen molar-refractivity contribution in [2.45, 2.75) is 26.8 Å². The Bertz CT molecular complexity index is 343. The van der Waals surface area contributed by atoms with Crippen LogP contribution in [-0.4, -0.2) is 22.3 Å². The SMILES string of the molecule is CC(=N)N1CCc2nc(C)sc2C1. The van der Waals surface area contributed by atoms with Crippen molar-refractivity contribution in [2.75, 3.05) is 6.54 Å². The minimum absolute atomic E-state index is 0.664. The van der Waals surface area contributed by atoms with Crippen molar-refractivity contribution in [3.05, 3.63) is 15.6 Å². The highest BCUT2D eigenvalue weighted by Crippen LogP contribution is 2.24. The molecule has 1 aromatic rings. The highest BCUT2D eigenvalue weighted by molar-refractivity contribution is 7.11. The maximum Gasteiger partial charge on any atom is 0.0929 e. The summed E-state index contributed by atoms with van der Waals surface area (Å²) in [6.07, 6.45) is 0.996. The van der Waals surface area contributed by atoms with E-state index >= 15 is 0 Å². The average molecular weight is 195 g/mol. The van der Waals surface area contributed by atoms with E-state index in [0.29, 0.717) is 5.84 Å². The Hall–Kier alpha value is -0.900. The molecule has 1 N–H and O–H groups in total. The second-order valence-corrected chi connectivity index (χ2v) is 4.65. The first-order valence-electron chi connectivity index (χ1n) is 4.42. The molecule has 2 rings (SSSR count). The van der Waals surface area contributed by atoms with Crippen LogP contribution in [0.3, 0.4) is 0 Å². The van der Waals surface area contributed by atoms with Crippen LogP contribution >= 0.6 is 11.3 Å². The van der Waals surface area contributed by atoms with Gasteiger partial charge in [0.2, 0.25) is 0 Å². The van der Waals surface area contributed by atoms with Crippen molar-refractivity contribution in [3.63, 3.8) is 0 Å². The topological polar surface area (TPSA) is 40.0 Å². The molecule has 0 aromatic carbocycles. The Morgan fingerprint density at radius 2 is 2.38 bits per heavy atom. The van der Waals surface area contributed by atoms with Crippen LogP contribution < -0.4 is 0 Å². The first-order valence-corrected chi connectivity index (χ1v) is 5.24. The van der Waals surface area contributed by atoms with Crippen molar-refractivity contribution in [1.82, 2.24) is 9.88 Å². The number of thiazole rings is 1. The van der Waals surface area contributed by atoms with Crippen LogP contribution in [0.5, 0.6) is 0 Å². The van der Waals surface area contributed by atoms with Gasteiger partial charge in [-0.1, -0.05) is 0 Å². The van der Waals surface area contributed by atoms with Crippen LogP contribution in [0, 0.1) is 12.3 Å². The summed E-state index contributed by atoms with van der Waals surface area (Å²) in [4.78, 5) is 7.91. The summed E-state index contributed by atoms with van der Waals surface area (Å²) in [6, 6.07) is 0. The van der Waals surface area contributed by atoms with E-state index in [0.717, 1.165) is 24.5 Å². The Balaban J connectivity index is 2.24. The van der Waals surface area contributed by atoms with Gasteiger partial charge in [0.25, 0.3) is 0 Å². The van der Waals surface area contributed by atoms with Gasteiger partial charge in [-0.05, 0) is 13.8 Å². The number of nitrogens with one attached hydrogen (secondary N) is 1. The number of aryl methyl sites for hydroxylation is 1. The summed E-state index contributed by atoms with van der Waals surface area (Å²) < 4.78 is 0. The Kier molecular flexibility index (Phi) is 2.07. The van der Waals surface area contributed by atoms with E-state index in [1.807, 2.05) is 13.8 Å². The van der Waals surface area contributed by atoms with E-state index in [-0.39, 0.29) is 0 Å². The summed E-state index contributed by atoms with van der Waals surface area (Å²) in [5, 5.41) is 8.69. The molecule has 0 saturated heterocycles. The van der Waals surface area contributed by atoms with Crippen molar-refractivity contribution in [1.29, 1.82) is 5.41 Å². The summed E-state index contributed by atoms with van der Waals surface area (Å²) in [6.45, 7) is 5.73. The minimum atomic E-state index is 0.664. The third-order valence-corrected chi connectivity index (χ3v) is 3.31. The molecule has 3 nitrogen and oxygen atoms in total. The van der Waals surface area contributed by atoms with Gasteiger partial charge in [-0.2, -0.15) is 0 Å². The van der Waals surface area contributed by atoms with Gasteiger partial charge in [0.15, 0.2) is 0 Å². The Morgan fingerprint density at radius 1 is 1.62 bits per heavy atom. The van der Waals surface area contributed by atoms with E-state index in [4.69, 9.17) is 5.41 Å². The van der Waals surface area contributed by atoms with Gasteiger partial charge in [0.1, 0.15) is 0 Å². The molecule has 2 heterocycles. The standard InChI is InChI=1S/C9H13N3S/c1-6(10)12-4-3-8-9(5-12)13-7(2)11-8/h10H,3-5H2,1-2H3. The van der Waals surface area contributed by atoms with Crippen LogP contribution in [0.25, 0.3) is 0 Å². The van der Waals surface area contributed by atoms with Crippen molar-refractivity contribution in [3.8, 4) is 0 Å². The number of hydrogen-bond acceptors (Lipinski definition) is 3. The van der Waals surface area contributed by atoms with Gasteiger partial charge in [-0.15, -0.1) is 11.3 Å². The van der Waals surface area contributed by atoms with Crippen LogP contribution in [0.1, 0.15) is 22.5 Å². The molecule has 70 valence electrons. The second-order valence-electron chi connectivity index (χ2n) is 3.36. The van der Waals surface area contributed by atoms with E-state index < -0.39 is 0 Å². The van der Waals surface area contributed by atoms with Crippen molar-refractivity contribution in [2.24, 2.45) is 0 Å². The lowest BCUT2D eigenvalue weighted by molar-refractivity contribution is 0.391. The molecule has 0 unspecified atom stereocenters. The quantitative estimate of drug-likeness (QED) is 0.506. The third kappa shape index (κ3) is 1.58. The number of rotatable bonds is 0. The Morgan fingerprint density at radius 3 is 3.08 bits per heavy atom. The van der Waals surface area contributed by atoms with Gasteiger partial charge < -0.3 is 4.90 Å². The number of hydrogen-bond donors (Lipinski definition) is 1. The number of aromatic nitrogens is 1. The third-order valence-electron chi connectivity index (χ3n) is 2.31. The predicted molar refractivity (Wildman–Crippen MR) is 54.4 cm³/mol. The van der Waals surface area contributed by atoms with Crippen LogP contribution in [0.15, 0.2) is 0 Å². The molecule has 0 bridgehead atoms. The smallest absolute Gasteiger partial charge is 0.0929 e. The lowest BCUT2D eigenvalue weighted by Gasteiger charge is -2.26. The van der Waals surface area contributed by atoms with E-state index in [9.17, 15) is 0 Å². The molecule has 0 saturated carbocycles. The molecule has 0 radical (unpaired) electrons. The summed E-state index contributed by atoms with van der Waals surface area (Å²) >= 11 is 1.76. The second kappa shape index (κ2) is 3.10. The monoisotopic (exact) mass is 195 g/mol. The molecule has 0 spiro atoms. The first-order chi connectivity index (χ1) is 6.16. The molecule has 0 atom stereocenters. The fraction of sp³-hybridized carbons (Fsp3) is 0.556. The molecule has 13 heavy (non-hydrogen) atoms. The summed E-state index contributed by atoms with van der Waals surface area (Å²) in [7, 11) is 0. The van der Waals surface area contributed by atoms with Gasteiger partial charge in [0, 0.05) is 17.8 Å². The van der Waals surface area contributed by atoms with Gasteiger partial charge in [-0.25, -0.2) is 4.98 Å². The highest BCUT2D eigenvalue weighted by Gasteiger charge is 2.19. The normalized spacial score (nSPS) is 15.7. The fourth-order valence-corrected chi connectivity index (χ4v) is 2.61. The zero-order chi connectivity index (χ0) is 9.42. The van der Waals surface area contributed by atoms with E-state index in [1.54, 1.807) is 11.3 Å². The highest BCUT2D eigenvalue weighted by atomic mass is 32.1. The maximum atomic E-state index is 7.55. The number of nitrogens with zero attached hydrogens (tertiary/aromatic N) is 2. The molecule has 1 aliphatic rings. The van der Waals surface area contributed by atoms with Crippen LogP contribution in [0.4, 0.5) is 0 Å². The first kappa shape index (κ1) is 8.69. The molecule has 0 fully saturated rings. The van der Waals surface area contributed by atoms with Gasteiger partial charge in [0.05, 0.1) is 23.1 Å². The van der Waals surface area contributed by atoms with Crippen molar-refractivity contribution < 1.29 is 0 Å². The molecule has 0 amide bonds. The van der Waals surface area contributed by atoms with Gasteiger partial charge in [-0.3, -0.25) is 5.41 Å². The van der Waals surface area contributed by atoms with Crippen molar-refractivity contribution >= 4 is 17.2 Å². The van der Waals surface area contributed by atoms with E-state index in [1.165, 1.54) is 10.6 Å². The maximum absolute atomic E-state index is 7.55. The minimum Gasteiger partial charge on any atom is -0.355 e. The molecule has 4 heteroatoms. The molecule has 1 aromatic heterocycles.